The van der Waals surface area contributed by atoms with E-state index in [1.165, 1.54) is 5.57 Å². The molecule has 0 rings (SSSR count). The number of aliphatic hydroxyl groups excluding tert-OH is 1. The van der Waals surface area contributed by atoms with E-state index in [9.17, 15) is 0 Å². The molecule has 2 heteroatoms. The van der Waals surface area contributed by atoms with Crippen molar-refractivity contribution in [3.8, 4) is 0 Å². The van der Waals surface area contributed by atoms with E-state index >= 15 is 0 Å². The fourth-order valence-corrected chi connectivity index (χ4v) is 0.583. The van der Waals surface area contributed by atoms with Crippen molar-refractivity contribution in [3.05, 3.63) is 12.2 Å². The Morgan fingerprint density at radius 1 is 1.70 bits per heavy atom. The van der Waals surface area contributed by atoms with Crippen LogP contribution in [0, 0.1) is 0 Å². The lowest BCUT2D eigenvalue weighted by atomic mass is 10.2. The first-order chi connectivity index (χ1) is 4.66. The summed E-state index contributed by atoms with van der Waals surface area (Å²) in [6, 6.07) is 0. The fraction of sp³-hybridized carbons (Fsp3) is 0.750. The summed E-state index contributed by atoms with van der Waals surface area (Å²) in [5, 5.41) is 11.9. The third-order valence-corrected chi connectivity index (χ3v) is 1.31. The summed E-state index contributed by atoms with van der Waals surface area (Å²) in [4.78, 5) is 0. The Morgan fingerprint density at radius 2 is 2.30 bits per heavy atom. The highest BCUT2D eigenvalue weighted by atomic mass is 16.3. The van der Waals surface area contributed by atoms with E-state index in [0.717, 1.165) is 13.0 Å². The van der Waals surface area contributed by atoms with Gasteiger partial charge in [-0.15, -0.1) is 0 Å². The number of nitrogens with one attached hydrogen (secondary N) is 1. The molecule has 2 nitrogen and oxygen atoms in total. The average molecular weight is 143 g/mol. The van der Waals surface area contributed by atoms with Gasteiger partial charge in [0.2, 0.25) is 0 Å². The number of hydrogen-bond acceptors (Lipinski definition) is 2. The SMILES string of the molecule is C=C(CC)CNCC(C)O. The molecule has 0 aliphatic rings. The quantitative estimate of drug-likeness (QED) is 0.561. The van der Waals surface area contributed by atoms with E-state index in [2.05, 4.69) is 18.8 Å². The lowest BCUT2D eigenvalue weighted by Crippen LogP contribution is -2.25. The lowest BCUT2D eigenvalue weighted by molar-refractivity contribution is 0.192. The first-order valence-corrected chi connectivity index (χ1v) is 3.72. The highest BCUT2D eigenvalue weighted by molar-refractivity contribution is 4.94. The Hall–Kier alpha value is -0.340. The van der Waals surface area contributed by atoms with Gasteiger partial charge in [-0.05, 0) is 13.3 Å². The standard InChI is InChI=1S/C8H17NO/c1-4-7(2)5-9-6-8(3)10/h8-10H,2,4-6H2,1,3H3. The Morgan fingerprint density at radius 3 is 2.70 bits per heavy atom. The molecule has 0 saturated heterocycles. The second kappa shape index (κ2) is 5.45. The van der Waals surface area contributed by atoms with Crippen LogP contribution in [0.4, 0.5) is 0 Å². The van der Waals surface area contributed by atoms with Crippen molar-refractivity contribution in [1.29, 1.82) is 0 Å². The van der Waals surface area contributed by atoms with Crippen molar-refractivity contribution in [3.63, 3.8) is 0 Å². The Balaban J connectivity index is 3.12. The average Bonchev–Trinajstić information content (AvgIpc) is 1.87. The van der Waals surface area contributed by atoms with Crippen LogP contribution in [-0.4, -0.2) is 24.3 Å². The minimum Gasteiger partial charge on any atom is -0.392 e. The van der Waals surface area contributed by atoms with E-state index < -0.39 is 0 Å². The molecule has 0 amide bonds. The molecule has 0 fully saturated rings. The minimum absolute atomic E-state index is 0.260. The topological polar surface area (TPSA) is 32.3 Å². The largest absolute Gasteiger partial charge is 0.392 e. The van der Waals surface area contributed by atoms with Gasteiger partial charge in [-0.3, -0.25) is 0 Å². The zero-order chi connectivity index (χ0) is 7.98. The van der Waals surface area contributed by atoms with Gasteiger partial charge in [0.15, 0.2) is 0 Å². The van der Waals surface area contributed by atoms with Crippen LogP contribution in [0.25, 0.3) is 0 Å². The summed E-state index contributed by atoms with van der Waals surface area (Å²) in [6.45, 7) is 9.14. The van der Waals surface area contributed by atoms with Crippen LogP contribution in [-0.2, 0) is 0 Å². The van der Waals surface area contributed by atoms with E-state index in [4.69, 9.17) is 5.11 Å². The van der Waals surface area contributed by atoms with Crippen LogP contribution in [0.15, 0.2) is 12.2 Å². The van der Waals surface area contributed by atoms with Gasteiger partial charge in [0.1, 0.15) is 0 Å². The van der Waals surface area contributed by atoms with Crippen molar-refractivity contribution in [2.75, 3.05) is 13.1 Å². The summed E-state index contributed by atoms with van der Waals surface area (Å²) in [7, 11) is 0. The first kappa shape index (κ1) is 9.66. The molecule has 0 aromatic carbocycles. The molecule has 0 aromatic heterocycles. The molecular weight excluding hydrogens is 126 g/mol. The molecule has 2 N–H and O–H groups in total. The third-order valence-electron chi connectivity index (χ3n) is 1.31. The number of hydrogen-bond donors (Lipinski definition) is 2. The monoisotopic (exact) mass is 143 g/mol. The van der Waals surface area contributed by atoms with Gasteiger partial charge in [-0.25, -0.2) is 0 Å². The lowest BCUT2D eigenvalue weighted by Gasteiger charge is -2.06. The van der Waals surface area contributed by atoms with Gasteiger partial charge in [0.05, 0.1) is 6.10 Å². The molecule has 0 saturated carbocycles. The summed E-state index contributed by atoms with van der Waals surface area (Å²) in [5.74, 6) is 0. The van der Waals surface area contributed by atoms with Crippen molar-refractivity contribution in [1.82, 2.24) is 5.32 Å². The molecule has 10 heavy (non-hydrogen) atoms. The van der Waals surface area contributed by atoms with Gasteiger partial charge in [-0.2, -0.15) is 0 Å². The predicted octanol–water partition coefficient (Wildman–Crippen LogP) is 0.923. The summed E-state index contributed by atoms with van der Waals surface area (Å²) in [6.07, 6.45) is 0.747. The van der Waals surface area contributed by atoms with Crippen molar-refractivity contribution in [2.45, 2.75) is 26.4 Å². The molecule has 0 aromatic rings. The van der Waals surface area contributed by atoms with Crippen LogP contribution in [0.3, 0.4) is 0 Å². The highest BCUT2D eigenvalue weighted by Gasteiger charge is 1.93. The Labute approximate surface area is 62.9 Å². The summed E-state index contributed by atoms with van der Waals surface area (Å²) >= 11 is 0. The zero-order valence-electron chi connectivity index (χ0n) is 6.85. The van der Waals surface area contributed by atoms with Gasteiger partial charge < -0.3 is 10.4 Å². The molecule has 1 unspecified atom stereocenters. The zero-order valence-corrected chi connectivity index (χ0v) is 6.85. The molecule has 0 radical (unpaired) electrons. The molecular formula is C8H17NO. The maximum Gasteiger partial charge on any atom is 0.0636 e. The van der Waals surface area contributed by atoms with Crippen LogP contribution < -0.4 is 5.32 Å². The smallest absolute Gasteiger partial charge is 0.0636 e. The summed E-state index contributed by atoms with van der Waals surface area (Å²) < 4.78 is 0. The maximum atomic E-state index is 8.85. The van der Waals surface area contributed by atoms with Gasteiger partial charge in [-0.1, -0.05) is 19.1 Å². The van der Waals surface area contributed by atoms with E-state index in [0.29, 0.717) is 6.54 Å². The van der Waals surface area contributed by atoms with Crippen LogP contribution in [0.2, 0.25) is 0 Å². The fourth-order valence-electron chi connectivity index (χ4n) is 0.583. The van der Waals surface area contributed by atoms with E-state index in [1.54, 1.807) is 6.92 Å². The Kier molecular flexibility index (Phi) is 5.26. The Bertz CT molecular complexity index is 99.4. The van der Waals surface area contributed by atoms with Gasteiger partial charge >= 0.3 is 0 Å². The molecule has 1 atom stereocenters. The summed E-state index contributed by atoms with van der Waals surface area (Å²) in [5.41, 5.74) is 1.18. The minimum atomic E-state index is -0.260. The molecule has 0 bridgehead atoms. The molecule has 0 aliphatic carbocycles. The van der Waals surface area contributed by atoms with Crippen molar-refractivity contribution >= 4 is 0 Å². The molecule has 0 spiro atoms. The first-order valence-electron chi connectivity index (χ1n) is 3.72. The van der Waals surface area contributed by atoms with Gasteiger partial charge in [0.25, 0.3) is 0 Å². The van der Waals surface area contributed by atoms with Crippen molar-refractivity contribution in [2.24, 2.45) is 0 Å². The van der Waals surface area contributed by atoms with Crippen molar-refractivity contribution < 1.29 is 5.11 Å². The van der Waals surface area contributed by atoms with E-state index in [-0.39, 0.29) is 6.10 Å². The normalized spacial score (nSPS) is 13.1. The second-order valence-electron chi connectivity index (χ2n) is 2.58. The van der Waals surface area contributed by atoms with Gasteiger partial charge in [0, 0.05) is 13.1 Å². The maximum absolute atomic E-state index is 8.85. The molecule has 0 heterocycles. The van der Waals surface area contributed by atoms with E-state index in [1.807, 2.05) is 0 Å². The number of aliphatic hydroxyl groups is 1. The van der Waals surface area contributed by atoms with Crippen LogP contribution >= 0.6 is 0 Å². The van der Waals surface area contributed by atoms with Crippen LogP contribution in [0.1, 0.15) is 20.3 Å². The second-order valence-corrected chi connectivity index (χ2v) is 2.58. The molecule has 0 aliphatic heterocycles. The third kappa shape index (κ3) is 5.79. The molecule has 60 valence electrons. The van der Waals surface area contributed by atoms with Crippen LogP contribution in [0.5, 0.6) is 0 Å². The highest BCUT2D eigenvalue weighted by Crippen LogP contribution is 1.92. The predicted molar refractivity (Wildman–Crippen MR) is 44.0 cm³/mol. The number of rotatable bonds is 5.